The highest BCUT2D eigenvalue weighted by Gasteiger charge is 2.45. The monoisotopic (exact) mass is 445 g/mol. The first-order valence-electron chi connectivity index (χ1n) is 9.44. The summed E-state index contributed by atoms with van der Waals surface area (Å²) < 4.78 is 48.3. The molecular formula is C21H20FN3O3S2. The second kappa shape index (κ2) is 8.40. The van der Waals surface area contributed by atoms with Crippen LogP contribution in [0.25, 0.3) is 0 Å². The number of benzene rings is 2. The maximum Gasteiger partial charge on any atom is 0.253 e. The minimum Gasteiger partial charge on any atom is -0.378 e. The molecule has 2 aliphatic rings. The van der Waals surface area contributed by atoms with E-state index < -0.39 is 21.9 Å². The molecule has 0 spiro atoms. The molecule has 4 rings (SSSR count). The highest BCUT2D eigenvalue weighted by atomic mass is 32.3. The first-order valence-corrected chi connectivity index (χ1v) is 11.7. The molecule has 1 atom stereocenters. The lowest BCUT2D eigenvalue weighted by Crippen LogP contribution is -2.35. The molecule has 0 bridgehead atoms. The molecule has 2 aromatic carbocycles. The second-order valence-electron chi connectivity index (χ2n) is 7.02. The van der Waals surface area contributed by atoms with E-state index in [1.165, 1.54) is 24.3 Å². The van der Waals surface area contributed by atoms with Crippen LogP contribution in [0.15, 0.2) is 64.0 Å². The number of nitrogens with zero attached hydrogens (tertiary/aromatic N) is 3. The summed E-state index contributed by atoms with van der Waals surface area (Å²) in [6.45, 7) is 3.91. The van der Waals surface area contributed by atoms with Crippen molar-refractivity contribution in [2.24, 2.45) is 0 Å². The Morgan fingerprint density at radius 3 is 2.43 bits per heavy atom. The zero-order chi connectivity index (χ0) is 21.3. The lowest BCUT2D eigenvalue weighted by Gasteiger charge is -2.29. The maximum absolute atomic E-state index is 14.7. The maximum atomic E-state index is 14.7. The van der Waals surface area contributed by atoms with Gasteiger partial charge in [0.25, 0.3) is 10.0 Å². The standard InChI is InChI=1S/C21H20FN3O3S2/c1-15-6-8-16(9-7-15)30(26,27)25-20(17-4-2-3-5-19(17)22)18(14-23)21(29-25)24-10-12-28-13-11-24/h2-9,20H,10-13H2,1H3. The Labute approximate surface area is 179 Å². The fourth-order valence-electron chi connectivity index (χ4n) is 3.48. The number of nitriles is 1. The van der Waals surface area contributed by atoms with Gasteiger partial charge < -0.3 is 9.64 Å². The highest BCUT2D eigenvalue weighted by Crippen LogP contribution is 2.51. The SMILES string of the molecule is Cc1ccc(S(=O)(=O)N2SC(N3CCOCC3)=C(C#N)C2c2ccccc2F)cc1. The van der Waals surface area contributed by atoms with E-state index in [0.29, 0.717) is 31.3 Å². The molecule has 6 nitrogen and oxygen atoms in total. The van der Waals surface area contributed by atoms with Crippen molar-refractivity contribution >= 4 is 22.0 Å². The molecule has 9 heteroatoms. The number of ether oxygens (including phenoxy) is 1. The Morgan fingerprint density at radius 2 is 1.80 bits per heavy atom. The fourth-order valence-corrected chi connectivity index (χ4v) is 6.58. The number of rotatable bonds is 4. The Kier molecular flexibility index (Phi) is 5.84. The Hall–Kier alpha value is -2.38. The van der Waals surface area contributed by atoms with E-state index in [1.54, 1.807) is 24.3 Å². The predicted octanol–water partition coefficient (Wildman–Crippen LogP) is 3.60. The van der Waals surface area contributed by atoms with Crippen LogP contribution in [0.1, 0.15) is 17.2 Å². The largest absolute Gasteiger partial charge is 0.378 e. The summed E-state index contributed by atoms with van der Waals surface area (Å²) in [5, 5.41) is 10.5. The van der Waals surface area contributed by atoms with E-state index in [2.05, 4.69) is 6.07 Å². The smallest absolute Gasteiger partial charge is 0.253 e. The first kappa shape index (κ1) is 20.9. The third-order valence-electron chi connectivity index (χ3n) is 5.07. The predicted molar refractivity (Wildman–Crippen MR) is 112 cm³/mol. The van der Waals surface area contributed by atoms with Crippen molar-refractivity contribution < 1.29 is 17.5 Å². The van der Waals surface area contributed by atoms with Crippen LogP contribution in [-0.4, -0.2) is 43.3 Å². The quantitative estimate of drug-likeness (QED) is 0.670. The molecule has 0 radical (unpaired) electrons. The van der Waals surface area contributed by atoms with Gasteiger partial charge in [-0.2, -0.15) is 5.26 Å². The molecule has 0 aliphatic carbocycles. The van der Waals surface area contributed by atoms with Crippen LogP contribution < -0.4 is 0 Å². The third kappa shape index (κ3) is 3.72. The molecule has 2 aliphatic heterocycles. The van der Waals surface area contributed by atoms with E-state index in [0.717, 1.165) is 21.2 Å². The van der Waals surface area contributed by atoms with Crippen molar-refractivity contribution in [3.8, 4) is 6.07 Å². The number of halogens is 1. The van der Waals surface area contributed by atoms with Gasteiger partial charge in [0.05, 0.1) is 29.8 Å². The van der Waals surface area contributed by atoms with Gasteiger partial charge in [0.1, 0.15) is 16.9 Å². The van der Waals surface area contributed by atoms with Crippen molar-refractivity contribution in [3.63, 3.8) is 0 Å². The van der Waals surface area contributed by atoms with Gasteiger partial charge in [-0.05, 0) is 37.1 Å². The van der Waals surface area contributed by atoms with Gasteiger partial charge in [0.2, 0.25) is 0 Å². The van der Waals surface area contributed by atoms with E-state index in [1.807, 2.05) is 11.8 Å². The van der Waals surface area contributed by atoms with Crippen molar-refractivity contribution in [2.75, 3.05) is 26.3 Å². The summed E-state index contributed by atoms with van der Waals surface area (Å²) in [5.74, 6) is -0.553. The summed E-state index contributed by atoms with van der Waals surface area (Å²) in [5.41, 5.74) is 1.31. The normalized spacial score (nSPS) is 20.4. The zero-order valence-corrected chi connectivity index (χ0v) is 17.9. The Bertz CT molecular complexity index is 1120. The highest BCUT2D eigenvalue weighted by molar-refractivity contribution is 8.11. The van der Waals surface area contributed by atoms with Crippen LogP contribution in [0.5, 0.6) is 0 Å². The minimum atomic E-state index is -4.01. The minimum absolute atomic E-state index is 0.0995. The van der Waals surface area contributed by atoms with Crippen LogP contribution in [0.3, 0.4) is 0 Å². The molecule has 1 unspecified atom stereocenters. The molecule has 0 saturated carbocycles. The molecule has 2 heterocycles. The van der Waals surface area contributed by atoms with Crippen LogP contribution >= 0.6 is 11.9 Å². The second-order valence-corrected chi connectivity index (χ2v) is 10.0. The average molecular weight is 446 g/mol. The molecule has 0 N–H and O–H groups in total. The van der Waals surface area contributed by atoms with Gasteiger partial charge in [0.15, 0.2) is 0 Å². The van der Waals surface area contributed by atoms with Crippen LogP contribution in [0.2, 0.25) is 0 Å². The van der Waals surface area contributed by atoms with Gasteiger partial charge in [-0.3, -0.25) is 0 Å². The van der Waals surface area contributed by atoms with Crippen molar-refractivity contribution in [3.05, 3.63) is 76.1 Å². The van der Waals surface area contributed by atoms with E-state index >= 15 is 0 Å². The van der Waals surface area contributed by atoms with Crippen molar-refractivity contribution in [1.82, 2.24) is 8.61 Å². The summed E-state index contributed by atoms with van der Waals surface area (Å²) >= 11 is 0.974. The number of morpholine rings is 1. The van der Waals surface area contributed by atoms with E-state index in [-0.39, 0.29) is 16.0 Å². The lowest BCUT2D eigenvalue weighted by atomic mass is 10.0. The third-order valence-corrected chi connectivity index (χ3v) is 8.47. The molecule has 1 fully saturated rings. The summed E-state index contributed by atoms with van der Waals surface area (Å²) in [4.78, 5) is 2.04. The molecule has 1 saturated heterocycles. The fraction of sp³-hybridized carbons (Fsp3) is 0.286. The van der Waals surface area contributed by atoms with Crippen molar-refractivity contribution in [2.45, 2.75) is 17.9 Å². The van der Waals surface area contributed by atoms with Gasteiger partial charge in [-0.15, -0.1) is 3.71 Å². The van der Waals surface area contributed by atoms with Crippen LogP contribution in [-0.2, 0) is 14.8 Å². The number of aryl methyl sites for hydroxylation is 1. The Balaban J connectivity index is 1.84. The average Bonchev–Trinajstić information content (AvgIpc) is 3.15. The number of sulfonamides is 1. The molecule has 2 aromatic rings. The van der Waals surface area contributed by atoms with Gasteiger partial charge in [0, 0.05) is 18.7 Å². The van der Waals surface area contributed by atoms with Crippen molar-refractivity contribution in [1.29, 1.82) is 5.26 Å². The summed E-state index contributed by atoms with van der Waals surface area (Å²) in [7, 11) is -4.01. The zero-order valence-electron chi connectivity index (χ0n) is 16.3. The number of hydrogen-bond donors (Lipinski definition) is 0. The summed E-state index contributed by atoms with van der Waals surface area (Å²) in [6.07, 6.45) is 0. The first-order chi connectivity index (χ1) is 14.4. The lowest BCUT2D eigenvalue weighted by molar-refractivity contribution is 0.0574. The molecule has 156 valence electrons. The Morgan fingerprint density at radius 1 is 1.13 bits per heavy atom. The van der Waals surface area contributed by atoms with E-state index in [4.69, 9.17) is 4.74 Å². The van der Waals surface area contributed by atoms with Gasteiger partial charge >= 0.3 is 0 Å². The topological polar surface area (TPSA) is 73.6 Å². The molecule has 0 amide bonds. The molecule has 0 aromatic heterocycles. The molecule has 30 heavy (non-hydrogen) atoms. The van der Waals surface area contributed by atoms with Gasteiger partial charge in [-0.1, -0.05) is 35.9 Å². The number of hydrogen-bond acceptors (Lipinski definition) is 6. The van der Waals surface area contributed by atoms with Crippen LogP contribution in [0, 0.1) is 24.1 Å². The van der Waals surface area contributed by atoms with E-state index in [9.17, 15) is 18.1 Å². The molecular weight excluding hydrogens is 425 g/mol. The van der Waals surface area contributed by atoms with Gasteiger partial charge in [-0.25, -0.2) is 12.8 Å². The van der Waals surface area contributed by atoms with Crippen LogP contribution in [0.4, 0.5) is 4.39 Å². The summed E-state index contributed by atoms with van der Waals surface area (Å²) in [6, 6.07) is 13.6.